The summed E-state index contributed by atoms with van der Waals surface area (Å²) in [6.45, 7) is 7.07. The van der Waals surface area contributed by atoms with Crippen molar-refractivity contribution >= 4 is 59.3 Å². The lowest BCUT2D eigenvalue weighted by molar-refractivity contribution is -0.141. The van der Waals surface area contributed by atoms with E-state index in [-0.39, 0.29) is 35.0 Å². The molecule has 13 nitrogen and oxygen atoms in total. The van der Waals surface area contributed by atoms with Crippen LogP contribution < -0.4 is 10.6 Å². The van der Waals surface area contributed by atoms with Gasteiger partial charge in [0.1, 0.15) is 6.04 Å². The molecule has 0 aliphatic carbocycles. The van der Waals surface area contributed by atoms with Gasteiger partial charge >= 0.3 is 18.2 Å². The summed E-state index contributed by atoms with van der Waals surface area (Å²) >= 11 is 0. The summed E-state index contributed by atoms with van der Waals surface area (Å²) in [6, 6.07) is 32.8. The number of fused-ring (bicyclic) bond motifs is 1. The van der Waals surface area contributed by atoms with Crippen molar-refractivity contribution in [3.05, 3.63) is 132 Å². The van der Waals surface area contributed by atoms with Crippen molar-refractivity contribution in [1.29, 1.82) is 0 Å². The van der Waals surface area contributed by atoms with E-state index in [0.29, 0.717) is 11.4 Å². The van der Waals surface area contributed by atoms with Gasteiger partial charge < -0.3 is 14.6 Å². The maximum Gasteiger partial charge on any atom is 0.411 e. The molecule has 0 aromatic heterocycles. The fourth-order valence-electron chi connectivity index (χ4n) is 5.94. The minimum absolute atomic E-state index is 0.00489. The van der Waals surface area contributed by atoms with Crippen molar-refractivity contribution in [3.8, 4) is 22.3 Å². The molecule has 16 heteroatoms. The SMILES string of the molecule is CC(C)OC(=O)Nc1ccc(-c2ccc(S(=O)(=O)Cl)cc2)cc1.CC(C)OC(=O)Nc1ccc(-c2ccc(S(=O)(=O)N3Cc4ccccc4C[C@@H]3C(=O)O)cc2)cc1. The molecule has 5 aromatic carbocycles. The Morgan fingerprint density at radius 3 is 1.38 bits per heavy atom. The second-order valence-electron chi connectivity index (χ2n) is 13.7. The Hall–Kier alpha value is -5.74. The number of carbonyl (C=O) groups excluding carboxylic acids is 2. The topological polar surface area (TPSA) is 185 Å². The molecule has 1 aliphatic rings. The van der Waals surface area contributed by atoms with E-state index in [0.717, 1.165) is 37.7 Å². The summed E-state index contributed by atoms with van der Waals surface area (Å²) in [4.78, 5) is 35.2. The third-order valence-corrected chi connectivity index (χ3v) is 11.9. The van der Waals surface area contributed by atoms with Gasteiger partial charge in [-0.3, -0.25) is 15.4 Å². The Labute approximate surface area is 342 Å². The third kappa shape index (κ3) is 11.4. The van der Waals surface area contributed by atoms with Gasteiger partial charge in [0.25, 0.3) is 9.05 Å². The van der Waals surface area contributed by atoms with Gasteiger partial charge in [-0.1, -0.05) is 72.8 Å². The number of hydrogen-bond donors (Lipinski definition) is 3. The summed E-state index contributed by atoms with van der Waals surface area (Å²) < 4.78 is 60.3. The van der Waals surface area contributed by atoms with Crippen molar-refractivity contribution in [3.63, 3.8) is 0 Å². The van der Waals surface area contributed by atoms with Crippen LogP contribution in [-0.2, 0) is 46.3 Å². The minimum Gasteiger partial charge on any atom is -0.480 e. The number of sulfonamides is 1. The smallest absolute Gasteiger partial charge is 0.411 e. The number of hydrogen-bond acceptors (Lipinski definition) is 9. The lowest BCUT2D eigenvalue weighted by Crippen LogP contribution is -2.48. The van der Waals surface area contributed by atoms with Crippen molar-refractivity contribution in [2.45, 2.75) is 68.7 Å². The van der Waals surface area contributed by atoms with Gasteiger partial charge in [0.05, 0.1) is 22.0 Å². The molecule has 6 rings (SSSR count). The zero-order valence-corrected chi connectivity index (χ0v) is 34.3. The molecular formula is C42H42ClN3O10S2. The van der Waals surface area contributed by atoms with Crippen molar-refractivity contribution in [2.75, 3.05) is 10.6 Å². The van der Waals surface area contributed by atoms with Crippen LogP contribution in [0.5, 0.6) is 0 Å². The summed E-state index contributed by atoms with van der Waals surface area (Å²) in [5.74, 6) is -1.18. The van der Waals surface area contributed by atoms with Gasteiger partial charge in [-0.15, -0.1) is 0 Å². The number of rotatable bonds is 10. The summed E-state index contributed by atoms with van der Waals surface area (Å²) in [6.07, 6.45) is -1.35. The van der Waals surface area contributed by atoms with Crippen LogP contribution in [-0.4, -0.2) is 62.7 Å². The largest absolute Gasteiger partial charge is 0.480 e. The number of carbonyl (C=O) groups is 3. The van der Waals surface area contributed by atoms with E-state index in [1.807, 2.05) is 36.4 Å². The highest BCUT2D eigenvalue weighted by Crippen LogP contribution is 2.31. The highest BCUT2D eigenvalue weighted by Gasteiger charge is 2.39. The van der Waals surface area contributed by atoms with Crippen LogP contribution in [0.4, 0.5) is 21.0 Å². The second kappa shape index (κ2) is 18.7. The molecule has 3 N–H and O–H groups in total. The predicted octanol–water partition coefficient (Wildman–Crippen LogP) is 8.75. The molecule has 0 fully saturated rings. The first-order valence-electron chi connectivity index (χ1n) is 18.0. The van der Waals surface area contributed by atoms with Crippen LogP contribution in [0.3, 0.4) is 0 Å². The van der Waals surface area contributed by atoms with E-state index in [9.17, 15) is 36.3 Å². The minimum atomic E-state index is -4.04. The molecule has 0 saturated heterocycles. The van der Waals surface area contributed by atoms with Crippen LogP contribution in [0, 0.1) is 0 Å². The van der Waals surface area contributed by atoms with E-state index in [1.165, 1.54) is 24.3 Å². The fraction of sp³-hybridized carbons (Fsp3) is 0.214. The standard InChI is InChI=1S/C26H26N2O6S.C16H16ClNO4S/c1-17(2)34-26(31)27-22-11-7-18(8-12-22)19-9-13-23(14-10-19)35(32,33)28-16-21-6-4-3-5-20(21)15-24(28)25(29)30;1-11(2)22-16(19)18-14-7-3-12(4-8-14)13-5-9-15(10-6-13)23(17,20)21/h3-14,17,24H,15-16H2,1-2H3,(H,27,31)(H,29,30);3-11H,1-2H3,(H,18,19)/t24-;/m1./s1. The number of ether oxygens (including phenoxy) is 2. The highest BCUT2D eigenvalue weighted by atomic mass is 35.7. The van der Waals surface area contributed by atoms with Gasteiger partial charge in [0.2, 0.25) is 10.0 Å². The molecule has 0 radical (unpaired) electrons. The number of halogens is 1. The molecule has 1 aliphatic heterocycles. The molecule has 1 heterocycles. The molecular weight excluding hydrogens is 806 g/mol. The average Bonchev–Trinajstić information content (AvgIpc) is 3.17. The normalized spacial score (nSPS) is 14.1. The number of amides is 2. The maximum absolute atomic E-state index is 13.4. The van der Waals surface area contributed by atoms with Crippen LogP contribution >= 0.6 is 10.7 Å². The zero-order chi connectivity index (χ0) is 42.2. The van der Waals surface area contributed by atoms with Gasteiger partial charge in [-0.05, 0) is 110 Å². The van der Waals surface area contributed by atoms with E-state index in [4.69, 9.17) is 20.2 Å². The Morgan fingerprint density at radius 1 is 0.621 bits per heavy atom. The Kier molecular flexibility index (Phi) is 14.0. The van der Waals surface area contributed by atoms with E-state index >= 15 is 0 Å². The first-order valence-corrected chi connectivity index (χ1v) is 21.8. The molecule has 0 unspecified atom stereocenters. The van der Waals surface area contributed by atoms with Gasteiger partial charge in [0.15, 0.2) is 0 Å². The number of anilines is 2. The lowest BCUT2D eigenvalue weighted by atomic mass is 9.96. The number of nitrogens with one attached hydrogen (secondary N) is 2. The third-order valence-electron chi connectivity index (χ3n) is 8.70. The Balaban J connectivity index is 0.000000242. The Morgan fingerprint density at radius 2 is 1.00 bits per heavy atom. The first-order chi connectivity index (χ1) is 27.4. The average molecular weight is 848 g/mol. The molecule has 5 aromatic rings. The van der Waals surface area contributed by atoms with Crippen LogP contribution in [0.2, 0.25) is 0 Å². The molecule has 304 valence electrons. The van der Waals surface area contributed by atoms with Crippen LogP contribution in [0.1, 0.15) is 38.8 Å². The van der Waals surface area contributed by atoms with Gasteiger partial charge in [0, 0.05) is 35.0 Å². The highest BCUT2D eigenvalue weighted by molar-refractivity contribution is 8.13. The number of nitrogens with zero attached hydrogens (tertiary/aromatic N) is 1. The molecule has 1 atom stereocenters. The molecule has 58 heavy (non-hydrogen) atoms. The van der Waals surface area contributed by atoms with Crippen molar-refractivity contribution in [1.82, 2.24) is 4.31 Å². The number of benzene rings is 5. The van der Waals surface area contributed by atoms with Crippen molar-refractivity contribution in [2.24, 2.45) is 0 Å². The Bertz CT molecular complexity index is 2460. The van der Waals surface area contributed by atoms with E-state index < -0.39 is 43.3 Å². The number of carboxylic acid groups (broad SMARTS) is 1. The number of carboxylic acids is 1. The first kappa shape index (κ1) is 43.4. The maximum atomic E-state index is 13.4. The fourth-order valence-corrected chi connectivity index (χ4v) is 8.27. The second-order valence-corrected chi connectivity index (χ2v) is 18.1. The summed E-state index contributed by atoms with van der Waals surface area (Å²) in [7, 11) is -2.48. The van der Waals surface area contributed by atoms with Crippen LogP contribution in [0.25, 0.3) is 22.3 Å². The predicted molar refractivity (Wildman–Crippen MR) is 222 cm³/mol. The molecule has 0 bridgehead atoms. The van der Waals surface area contributed by atoms with Crippen molar-refractivity contribution < 1.29 is 45.8 Å². The summed E-state index contributed by atoms with van der Waals surface area (Å²) in [5.41, 5.74) is 6.15. The number of aliphatic carboxylic acids is 1. The quantitative estimate of drug-likeness (QED) is 0.115. The molecule has 2 amide bonds. The zero-order valence-electron chi connectivity index (χ0n) is 32.0. The van der Waals surface area contributed by atoms with E-state index in [1.54, 1.807) is 88.4 Å². The van der Waals surface area contributed by atoms with Gasteiger partial charge in [-0.25, -0.2) is 26.4 Å². The van der Waals surface area contributed by atoms with Crippen LogP contribution in [0.15, 0.2) is 131 Å². The monoisotopic (exact) mass is 847 g/mol. The molecule has 0 saturated carbocycles. The molecule has 0 spiro atoms. The lowest BCUT2D eigenvalue weighted by Gasteiger charge is -2.33. The van der Waals surface area contributed by atoms with E-state index in [2.05, 4.69) is 10.6 Å². The van der Waals surface area contributed by atoms with Gasteiger partial charge in [-0.2, -0.15) is 4.31 Å². The summed E-state index contributed by atoms with van der Waals surface area (Å²) in [5, 5.41) is 15.0.